The Morgan fingerprint density at radius 1 is 1.45 bits per heavy atom. The van der Waals surface area contributed by atoms with Crippen LogP contribution in [-0.2, 0) is 7.05 Å². The van der Waals surface area contributed by atoms with Gasteiger partial charge in [0, 0.05) is 38.4 Å². The van der Waals surface area contributed by atoms with Crippen LogP contribution < -0.4 is 16.0 Å². The molecule has 0 spiro atoms. The van der Waals surface area contributed by atoms with Crippen LogP contribution in [0.15, 0.2) is 18.6 Å². The number of nitrogen functional groups attached to an aromatic ring is 1. The summed E-state index contributed by atoms with van der Waals surface area (Å²) in [4.78, 5) is 10.2. The predicted molar refractivity (Wildman–Crippen MR) is 78.9 cm³/mol. The van der Waals surface area contributed by atoms with Gasteiger partial charge in [-0.15, -0.1) is 0 Å². The lowest BCUT2D eigenvalue weighted by Crippen LogP contribution is -2.26. The van der Waals surface area contributed by atoms with Crippen LogP contribution in [0.2, 0.25) is 5.02 Å². The zero-order valence-electron chi connectivity index (χ0n) is 11.1. The first kappa shape index (κ1) is 13.0. The smallest absolute Gasteiger partial charge is 0.150 e. The first-order chi connectivity index (χ1) is 9.63. The van der Waals surface area contributed by atoms with E-state index in [1.54, 1.807) is 4.68 Å². The zero-order chi connectivity index (χ0) is 14.1. The van der Waals surface area contributed by atoms with Crippen molar-refractivity contribution in [2.45, 2.75) is 12.5 Å². The maximum Gasteiger partial charge on any atom is 0.150 e. The Morgan fingerprint density at radius 2 is 2.30 bits per heavy atom. The predicted octanol–water partition coefficient (Wildman–Crippen LogP) is 1.14. The van der Waals surface area contributed by atoms with E-state index >= 15 is 0 Å². The summed E-state index contributed by atoms with van der Waals surface area (Å²) in [6, 6.07) is 2.28. The SMILES string of the molecule is Cn1ccc(N2CCC(Nc3ncnc(N)c3Cl)C2)n1. The van der Waals surface area contributed by atoms with Crippen molar-refractivity contribution in [1.29, 1.82) is 0 Å². The molecule has 2 aromatic rings. The Balaban J connectivity index is 1.67. The number of hydrogen-bond donors (Lipinski definition) is 2. The molecule has 1 unspecified atom stereocenters. The topological polar surface area (TPSA) is 84.9 Å². The summed E-state index contributed by atoms with van der Waals surface area (Å²) in [7, 11) is 1.92. The van der Waals surface area contributed by atoms with E-state index in [9.17, 15) is 0 Å². The third-order valence-electron chi connectivity index (χ3n) is 3.37. The number of halogens is 1. The number of nitrogens with two attached hydrogens (primary N) is 1. The normalized spacial score (nSPS) is 18.5. The average Bonchev–Trinajstić information content (AvgIpc) is 3.04. The van der Waals surface area contributed by atoms with Crippen LogP contribution in [0.3, 0.4) is 0 Å². The molecule has 8 heteroatoms. The first-order valence-corrected chi connectivity index (χ1v) is 6.78. The molecule has 2 aromatic heterocycles. The van der Waals surface area contributed by atoms with Crippen molar-refractivity contribution in [3.05, 3.63) is 23.6 Å². The van der Waals surface area contributed by atoms with Gasteiger partial charge in [0.1, 0.15) is 17.2 Å². The number of hydrogen-bond acceptors (Lipinski definition) is 6. The van der Waals surface area contributed by atoms with E-state index < -0.39 is 0 Å². The number of rotatable bonds is 3. The van der Waals surface area contributed by atoms with Crippen molar-refractivity contribution in [3.8, 4) is 0 Å². The Kier molecular flexibility index (Phi) is 3.35. The summed E-state index contributed by atoms with van der Waals surface area (Å²) >= 11 is 6.09. The van der Waals surface area contributed by atoms with Crippen LogP contribution in [0.25, 0.3) is 0 Å². The molecule has 1 aliphatic heterocycles. The minimum absolute atomic E-state index is 0.267. The lowest BCUT2D eigenvalue weighted by atomic mass is 10.2. The number of nitrogens with one attached hydrogen (secondary N) is 1. The molecule has 0 saturated carbocycles. The molecular weight excluding hydrogens is 278 g/mol. The Labute approximate surface area is 121 Å². The summed E-state index contributed by atoms with van der Waals surface area (Å²) in [6.07, 6.45) is 4.35. The maximum atomic E-state index is 6.09. The minimum Gasteiger partial charge on any atom is -0.382 e. The molecule has 1 fully saturated rings. The second-order valence-corrected chi connectivity index (χ2v) is 5.22. The number of anilines is 3. The lowest BCUT2D eigenvalue weighted by molar-refractivity contribution is 0.752. The van der Waals surface area contributed by atoms with Gasteiger partial charge in [-0.05, 0) is 6.42 Å². The van der Waals surface area contributed by atoms with Gasteiger partial charge < -0.3 is 16.0 Å². The van der Waals surface area contributed by atoms with Gasteiger partial charge in [0.2, 0.25) is 0 Å². The second kappa shape index (κ2) is 5.16. The van der Waals surface area contributed by atoms with E-state index in [1.807, 2.05) is 19.3 Å². The van der Waals surface area contributed by atoms with Gasteiger partial charge in [-0.2, -0.15) is 5.10 Å². The standard InChI is InChI=1S/C12H16ClN7/c1-19-4-3-9(18-19)20-5-2-8(6-20)17-12-10(13)11(14)15-7-16-12/h3-4,7-8H,2,5-6H2,1H3,(H3,14,15,16,17). The van der Waals surface area contributed by atoms with E-state index in [0.29, 0.717) is 16.7 Å². The van der Waals surface area contributed by atoms with Crippen LogP contribution in [0.1, 0.15) is 6.42 Å². The van der Waals surface area contributed by atoms with Crippen molar-refractivity contribution in [2.24, 2.45) is 7.05 Å². The molecule has 0 aliphatic carbocycles. The van der Waals surface area contributed by atoms with E-state index in [-0.39, 0.29) is 6.04 Å². The first-order valence-electron chi connectivity index (χ1n) is 6.40. The van der Waals surface area contributed by atoms with Crippen molar-refractivity contribution in [2.75, 3.05) is 29.0 Å². The fourth-order valence-corrected chi connectivity index (χ4v) is 2.49. The van der Waals surface area contributed by atoms with Gasteiger partial charge in [0.15, 0.2) is 11.6 Å². The monoisotopic (exact) mass is 293 g/mol. The molecule has 3 heterocycles. The quantitative estimate of drug-likeness (QED) is 0.883. The zero-order valence-corrected chi connectivity index (χ0v) is 11.9. The summed E-state index contributed by atoms with van der Waals surface area (Å²) in [5.74, 6) is 1.88. The summed E-state index contributed by atoms with van der Waals surface area (Å²) in [5.41, 5.74) is 5.67. The molecule has 0 aromatic carbocycles. The van der Waals surface area contributed by atoms with Crippen LogP contribution >= 0.6 is 11.6 Å². The lowest BCUT2D eigenvalue weighted by Gasteiger charge is -2.17. The molecule has 0 radical (unpaired) electrons. The Bertz CT molecular complexity index is 612. The van der Waals surface area contributed by atoms with Crippen molar-refractivity contribution < 1.29 is 0 Å². The molecule has 106 valence electrons. The van der Waals surface area contributed by atoms with Crippen LogP contribution in [0.4, 0.5) is 17.5 Å². The Morgan fingerprint density at radius 3 is 3.05 bits per heavy atom. The number of aryl methyl sites for hydroxylation is 1. The maximum absolute atomic E-state index is 6.09. The van der Waals surface area contributed by atoms with Crippen molar-refractivity contribution in [1.82, 2.24) is 19.7 Å². The molecule has 0 amide bonds. The molecule has 3 N–H and O–H groups in total. The van der Waals surface area contributed by atoms with Gasteiger partial charge in [0.05, 0.1) is 0 Å². The molecule has 1 aliphatic rings. The van der Waals surface area contributed by atoms with Crippen molar-refractivity contribution in [3.63, 3.8) is 0 Å². The van der Waals surface area contributed by atoms with Gasteiger partial charge in [-0.25, -0.2) is 9.97 Å². The second-order valence-electron chi connectivity index (χ2n) is 4.85. The summed E-state index contributed by atoms with van der Waals surface area (Å²) in [6.45, 7) is 1.81. The third kappa shape index (κ3) is 2.49. The van der Waals surface area contributed by atoms with Gasteiger partial charge in [0.25, 0.3) is 0 Å². The van der Waals surface area contributed by atoms with Crippen LogP contribution in [0, 0.1) is 0 Å². The van der Waals surface area contributed by atoms with Crippen LogP contribution in [-0.4, -0.2) is 38.9 Å². The van der Waals surface area contributed by atoms with E-state index in [2.05, 4.69) is 25.3 Å². The molecule has 1 atom stereocenters. The van der Waals surface area contributed by atoms with Crippen molar-refractivity contribution >= 4 is 29.1 Å². The van der Waals surface area contributed by atoms with Gasteiger partial charge >= 0.3 is 0 Å². The van der Waals surface area contributed by atoms with E-state index in [1.165, 1.54) is 6.33 Å². The molecule has 20 heavy (non-hydrogen) atoms. The van der Waals surface area contributed by atoms with E-state index in [0.717, 1.165) is 25.3 Å². The minimum atomic E-state index is 0.267. The average molecular weight is 294 g/mol. The molecular formula is C12H16ClN7. The van der Waals surface area contributed by atoms with Gasteiger partial charge in [-0.1, -0.05) is 11.6 Å². The highest BCUT2D eigenvalue weighted by Gasteiger charge is 2.25. The molecule has 0 bridgehead atoms. The molecule has 1 saturated heterocycles. The van der Waals surface area contributed by atoms with Crippen LogP contribution in [0.5, 0.6) is 0 Å². The highest BCUT2D eigenvalue weighted by atomic mass is 35.5. The summed E-state index contributed by atoms with van der Waals surface area (Å²) < 4.78 is 1.80. The van der Waals surface area contributed by atoms with E-state index in [4.69, 9.17) is 17.3 Å². The Hall–Kier alpha value is -2.02. The molecule has 3 rings (SSSR count). The molecule has 7 nitrogen and oxygen atoms in total. The number of aromatic nitrogens is 4. The highest BCUT2D eigenvalue weighted by Crippen LogP contribution is 2.26. The largest absolute Gasteiger partial charge is 0.382 e. The fraction of sp³-hybridized carbons (Fsp3) is 0.417. The third-order valence-corrected chi connectivity index (χ3v) is 3.74. The van der Waals surface area contributed by atoms with Gasteiger partial charge in [-0.3, -0.25) is 4.68 Å². The summed E-state index contributed by atoms with van der Waals surface area (Å²) in [5, 5.41) is 8.10. The fourth-order valence-electron chi connectivity index (χ4n) is 2.34. The number of nitrogens with zero attached hydrogens (tertiary/aromatic N) is 5. The highest BCUT2D eigenvalue weighted by molar-refractivity contribution is 6.35.